The summed E-state index contributed by atoms with van der Waals surface area (Å²) in [5, 5.41) is 3.94. The molecular weight excluding hydrogens is 438 g/mol. The van der Waals surface area contributed by atoms with Crippen molar-refractivity contribution in [3.05, 3.63) is 54.7 Å². The first kappa shape index (κ1) is 23.2. The van der Waals surface area contributed by atoms with Crippen LogP contribution in [-0.4, -0.2) is 59.4 Å². The molecule has 7 nitrogen and oxygen atoms in total. The van der Waals surface area contributed by atoms with E-state index in [1.165, 1.54) is 11.8 Å². The van der Waals surface area contributed by atoms with Gasteiger partial charge in [-0.1, -0.05) is 30.3 Å². The molecule has 2 heterocycles. The number of para-hydroxylation sites is 3. The summed E-state index contributed by atoms with van der Waals surface area (Å²) in [7, 11) is 1.58. The first-order valence-electron chi connectivity index (χ1n) is 11.0. The van der Waals surface area contributed by atoms with Crippen molar-refractivity contribution in [1.82, 2.24) is 9.47 Å². The molecule has 174 valence electrons. The van der Waals surface area contributed by atoms with Gasteiger partial charge in [0.05, 0.1) is 30.8 Å². The molecule has 1 aromatic heterocycles. The molecule has 1 saturated heterocycles. The van der Waals surface area contributed by atoms with Crippen LogP contribution in [0.4, 0.5) is 5.69 Å². The molecule has 0 spiro atoms. The van der Waals surface area contributed by atoms with E-state index in [4.69, 9.17) is 9.47 Å². The number of rotatable bonds is 7. The van der Waals surface area contributed by atoms with Crippen LogP contribution in [-0.2, 0) is 20.9 Å². The van der Waals surface area contributed by atoms with Crippen molar-refractivity contribution in [2.75, 3.05) is 31.3 Å². The highest BCUT2D eigenvalue weighted by atomic mass is 32.2. The van der Waals surface area contributed by atoms with E-state index in [-0.39, 0.29) is 36.3 Å². The molecule has 0 bridgehead atoms. The highest BCUT2D eigenvalue weighted by molar-refractivity contribution is 8.00. The van der Waals surface area contributed by atoms with Gasteiger partial charge in [-0.25, -0.2) is 0 Å². The molecule has 4 rings (SSSR count). The summed E-state index contributed by atoms with van der Waals surface area (Å²) in [6.45, 7) is 5.45. The summed E-state index contributed by atoms with van der Waals surface area (Å²) in [6.07, 6.45) is 2.04. The van der Waals surface area contributed by atoms with E-state index in [1.54, 1.807) is 7.11 Å². The molecule has 2 atom stereocenters. The number of carbonyl (C=O) groups excluding carboxylic acids is 2. The van der Waals surface area contributed by atoms with Gasteiger partial charge in [0, 0.05) is 35.1 Å². The zero-order valence-corrected chi connectivity index (χ0v) is 19.9. The fourth-order valence-corrected chi connectivity index (χ4v) is 5.05. The van der Waals surface area contributed by atoms with Crippen LogP contribution < -0.4 is 10.1 Å². The second kappa shape index (κ2) is 10.3. The molecule has 8 heteroatoms. The second-order valence-corrected chi connectivity index (χ2v) is 9.25. The number of hydrogen-bond donors (Lipinski definition) is 1. The maximum absolute atomic E-state index is 13.0. The highest BCUT2D eigenvalue weighted by Crippen LogP contribution is 2.31. The number of morpholine rings is 1. The summed E-state index contributed by atoms with van der Waals surface area (Å²) < 4.78 is 13.0. The molecule has 1 fully saturated rings. The van der Waals surface area contributed by atoms with Gasteiger partial charge in [0.15, 0.2) is 0 Å². The summed E-state index contributed by atoms with van der Waals surface area (Å²) in [5.41, 5.74) is 1.63. The van der Waals surface area contributed by atoms with E-state index >= 15 is 0 Å². The maximum Gasteiger partial charge on any atom is 0.242 e. The fraction of sp³-hybridized carbons (Fsp3) is 0.360. The number of methoxy groups -OCH3 is 1. The molecule has 3 aromatic rings. The second-order valence-electron chi connectivity index (χ2n) is 8.23. The van der Waals surface area contributed by atoms with Crippen molar-refractivity contribution < 1.29 is 19.1 Å². The van der Waals surface area contributed by atoms with Crippen LogP contribution in [0.25, 0.3) is 10.9 Å². The lowest BCUT2D eigenvalue weighted by molar-refractivity contribution is -0.143. The van der Waals surface area contributed by atoms with Gasteiger partial charge in [0.1, 0.15) is 12.3 Å². The first-order chi connectivity index (χ1) is 15.9. The van der Waals surface area contributed by atoms with Crippen molar-refractivity contribution >= 4 is 40.2 Å². The molecule has 1 N–H and O–H groups in total. The average molecular weight is 468 g/mol. The van der Waals surface area contributed by atoms with E-state index in [0.717, 1.165) is 15.8 Å². The quantitative estimate of drug-likeness (QED) is 0.532. The average Bonchev–Trinajstić information content (AvgIpc) is 3.15. The van der Waals surface area contributed by atoms with E-state index in [2.05, 4.69) is 5.32 Å². The Morgan fingerprint density at radius 1 is 1.09 bits per heavy atom. The minimum absolute atomic E-state index is 0.0342. The Morgan fingerprint density at radius 3 is 2.55 bits per heavy atom. The first-order valence-corrected chi connectivity index (χ1v) is 12.0. The number of aromatic nitrogens is 1. The zero-order chi connectivity index (χ0) is 23.4. The molecule has 1 aliphatic rings. The van der Waals surface area contributed by atoms with Crippen molar-refractivity contribution in [2.24, 2.45) is 0 Å². The van der Waals surface area contributed by atoms with Crippen LogP contribution in [0, 0.1) is 0 Å². The number of thioether (sulfide) groups is 1. The Labute approximate surface area is 198 Å². The number of amides is 2. The predicted octanol–water partition coefficient (Wildman–Crippen LogP) is 4.02. The third kappa shape index (κ3) is 5.51. The third-order valence-electron chi connectivity index (χ3n) is 5.57. The smallest absolute Gasteiger partial charge is 0.242 e. The Morgan fingerprint density at radius 2 is 1.79 bits per heavy atom. The van der Waals surface area contributed by atoms with Gasteiger partial charge < -0.3 is 24.3 Å². The number of nitrogens with one attached hydrogen (secondary N) is 1. The van der Waals surface area contributed by atoms with Crippen molar-refractivity contribution in [1.29, 1.82) is 0 Å². The van der Waals surface area contributed by atoms with Crippen LogP contribution >= 0.6 is 11.8 Å². The minimum Gasteiger partial charge on any atom is -0.495 e. The lowest BCUT2D eigenvalue weighted by Crippen LogP contribution is -2.49. The molecular formula is C25H29N3O4S. The summed E-state index contributed by atoms with van der Waals surface area (Å²) >= 11 is 1.46. The van der Waals surface area contributed by atoms with Gasteiger partial charge in [-0.3, -0.25) is 9.59 Å². The number of anilines is 1. The predicted molar refractivity (Wildman–Crippen MR) is 131 cm³/mol. The van der Waals surface area contributed by atoms with Gasteiger partial charge in [0.2, 0.25) is 11.8 Å². The highest BCUT2D eigenvalue weighted by Gasteiger charge is 2.26. The van der Waals surface area contributed by atoms with Crippen molar-refractivity contribution in [3.63, 3.8) is 0 Å². The normalized spacial score (nSPS) is 18.3. The van der Waals surface area contributed by atoms with Crippen molar-refractivity contribution in [2.45, 2.75) is 37.5 Å². The standard InChI is InChI=1S/C25H29N3O4S/c1-17-12-28(13-18(2)32-17)25(30)15-27-14-23(19-8-4-6-10-21(19)27)33-16-24(29)26-20-9-5-7-11-22(20)31-3/h4-11,14,17-18H,12-13,15-16H2,1-3H3,(H,26,29)/t17-,18-/m1/s1. The van der Waals surface area contributed by atoms with Crippen LogP contribution in [0.5, 0.6) is 5.75 Å². The molecule has 2 amide bonds. The van der Waals surface area contributed by atoms with Crippen molar-refractivity contribution in [3.8, 4) is 5.75 Å². The Kier molecular flexibility index (Phi) is 7.25. The number of benzene rings is 2. The molecule has 2 aromatic carbocycles. The lowest BCUT2D eigenvalue weighted by atomic mass is 10.2. The number of nitrogens with zero attached hydrogens (tertiary/aromatic N) is 2. The van der Waals surface area contributed by atoms with E-state index in [1.807, 2.05) is 78.0 Å². The van der Waals surface area contributed by atoms with Gasteiger partial charge >= 0.3 is 0 Å². The van der Waals surface area contributed by atoms with Crippen LogP contribution in [0.1, 0.15) is 13.8 Å². The van der Waals surface area contributed by atoms with Crippen LogP contribution in [0.3, 0.4) is 0 Å². The maximum atomic E-state index is 13.0. The number of fused-ring (bicyclic) bond motifs is 1. The Hall–Kier alpha value is -2.97. The van der Waals surface area contributed by atoms with Crippen LogP contribution in [0.2, 0.25) is 0 Å². The molecule has 0 saturated carbocycles. The lowest BCUT2D eigenvalue weighted by Gasteiger charge is -2.35. The van der Waals surface area contributed by atoms with E-state index in [9.17, 15) is 9.59 Å². The number of hydrogen-bond acceptors (Lipinski definition) is 5. The SMILES string of the molecule is COc1ccccc1NC(=O)CSc1cn(CC(=O)N2C[C@@H](C)O[C@H](C)C2)c2ccccc12. The summed E-state index contributed by atoms with van der Waals surface area (Å²) in [5.74, 6) is 0.827. The molecule has 33 heavy (non-hydrogen) atoms. The van der Waals surface area contributed by atoms with Gasteiger partial charge in [0.25, 0.3) is 0 Å². The summed E-state index contributed by atoms with van der Waals surface area (Å²) in [6, 6.07) is 15.3. The Bertz CT molecular complexity index is 1140. The zero-order valence-electron chi connectivity index (χ0n) is 19.1. The number of carbonyl (C=O) groups is 2. The van der Waals surface area contributed by atoms with E-state index < -0.39 is 0 Å². The topological polar surface area (TPSA) is 72.8 Å². The van der Waals surface area contributed by atoms with Crippen LogP contribution in [0.15, 0.2) is 59.6 Å². The Balaban J connectivity index is 1.45. The van der Waals surface area contributed by atoms with E-state index in [0.29, 0.717) is 24.5 Å². The van der Waals surface area contributed by atoms with Gasteiger partial charge in [-0.15, -0.1) is 11.8 Å². The molecule has 0 aliphatic carbocycles. The minimum atomic E-state index is -0.117. The third-order valence-corrected chi connectivity index (χ3v) is 6.61. The number of ether oxygens (including phenoxy) is 2. The largest absolute Gasteiger partial charge is 0.495 e. The van der Waals surface area contributed by atoms with Gasteiger partial charge in [-0.2, -0.15) is 0 Å². The van der Waals surface area contributed by atoms with Gasteiger partial charge in [-0.05, 0) is 32.0 Å². The molecule has 0 radical (unpaired) electrons. The molecule has 1 aliphatic heterocycles. The monoisotopic (exact) mass is 467 g/mol. The molecule has 0 unspecified atom stereocenters. The fourth-order valence-electron chi connectivity index (χ4n) is 4.16. The summed E-state index contributed by atoms with van der Waals surface area (Å²) in [4.78, 5) is 28.4.